The molecule has 0 aliphatic rings. The number of methoxy groups -OCH3 is 1. The highest BCUT2D eigenvalue weighted by Gasteiger charge is 2.34. The minimum atomic E-state index is -4.27. The van der Waals surface area contributed by atoms with Crippen LogP contribution in [0.2, 0.25) is 10.0 Å². The summed E-state index contributed by atoms with van der Waals surface area (Å²) < 4.78 is 34.5. The van der Waals surface area contributed by atoms with Crippen LogP contribution in [0.4, 0.5) is 5.69 Å². The van der Waals surface area contributed by atoms with E-state index in [2.05, 4.69) is 5.32 Å². The van der Waals surface area contributed by atoms with Gasteiger partial charge < -0.3 is 15.0 Å². The minimum Gasteiger partial charge on any atom is -0.495 e. The molecule has 2 amide bonds. The van der Waals surface area contributed by atoms with Crippen LogP contribution in [0.5, 0.6) is 5.75 Å². The second kappa shape index (κ2) is 14.1. The van der Waals surface area contributed by atoms with Gasteiger partial charge in [0.1, 0.15) is 18.3 Å². The number of halogens is 2. The highest BCUT2D eigenvalue weighted by atomic mass is 35.5. The van der Waals surface area contributed by atoms with Crippen molar-refractivity contribution in [2.45, 2.75) is 57.6 Å². The maximum Gasteiger partial charge on any atom is 0.264 e. The molecule has 0 saturated carbocycles. The van der Waals surface area contributed by atoms with Gasteiger partial charge in [0.2, 0.25) is 11.8 Å². The molecule has 0 saturated heterocycles. The van der Waals surface area contributed by atoms with Crippen LogP contribution in [0, 0.1) is 6.92 Å². The zero-order chi connectivity index (χ0) is 30.3. The van der Waals surface area contributed by atoms with Crippen molar-refractivity contribution in [1.82, 2.24) is 10.2 Å². The summed E-state index contributed by atoms with van der Waals surface area (Å²) in [4.78, 5) is 28.6. The Hall–Kier alpha value is -3.27. The zero-order valence-corrected chi connectivity index (χ0v) is 26.1. The number of aryl methyl sites for hydroxylation is 1. The van der Waals surface area contributed by atoms with Gasteiger partial charge in [0.05, 0.1) is 17.7 Å². The molecular weight excluding hydrogens is 585 g/mol. The molecule has 2 atom stereocenters. The van der Waals surface area contributed by atoms with Crippen molar-refractivity contribution in [2.24, 2.45) is 0 Å². The molecule has 0 aromatic heterocycles. The number of carbonyl (C=O) groups is 2. The van der Waals surface area contributed by atoms with Crippen molar-refractivity contribution >= 4 is 50.7 Å². The van der Waals surface area contributed by atoms with Crippen LogP contribution in [-0.2, 0) is 26.2 Å². The smallest absolute Gasteiger partial charge is 0.264 e. The largest absolute Gasteiger partial charge is 0.495 e. The normalized spacial score (nSPS) is 12.8. The average molecular weight is 621 g/mol. The molecule has 3 aromatic rings. The number of ether oxygens (including phenoxy) is 1. The number of anilines is 1. The number of nitrogens with one attached hydrogen (secondary N) is 1. The Bertz CT molecular complexity index is 1480. The predicted molar refractivity (Wildman–Crippen MR) is 163 cm³/mol. The van der Waals surface area contributed by atoms with E-state index in [9.17, 15) is 18.0 Å². The fourth-order valence-corrected chi connectivity index (χ4v) is 5.88. The number of hydrogen-bond donors (Lipinski definition) is 1. The van der Waals surface area contributed by atoms with Gasteiger partial charge in [0.25, 0.3) is 10.0 Å². The third-order valence-corrected chi connectivity index (χ3v) is 8.95. The van der Waals surface area contributed by atoms with Crippen molar-refractivity contribution in [1.29, 1.82) is 0 Å². The van der Waals surface area contributed by atoms with E-state index in [1.165, 1.54) is 36.3 Å². The fraction of sp³-hybridized carbons (Fsp3) is 0.333. The first-order valence-corrected chi connectivity index (χ1v) is 15.3. The van der Waals surface area contributed by atoms with Gasteiger partial charge in [0.15, 0.2) is 0 Å². The van der Waals surface area contributed by atoms with Gasteiger partial charge >= 0.3 is 0 Å². The molecule has 41 heavy (non-hydrogen) atoms. The van der Waals surface area contributed by atoms with E-state index in [4.69, 9.17) is 27.9 Å². The quantitative estimate of drug-likeness (QED) is 0.275. The van der Waals surface area contributed by atoms with Gasteiger partial charge in [-0.25, -0.2) is 8.42 Å². The van der Waals surface area contributed by atoms with E-state index in [0.717, 1.165) is 9.87 Å². The van der Waals surface area contributed by atoms with Crippen molar-refractivity contribution in [3.05, 3.63) is 87.9 Å². The van der Waals surface area contributed by atoms with Gasteiger partial charge in [0, 0.05) is 22.6 Å². The van der Waals surface area contributed by atoms with Gasteiger partial charge in [-0.3, -0.25) is 13.9 Å². The number of benzene rings is 3. The van der Waals surface area contributed by atoms with Crippen LogP contribution >= 0.6 is 23.2 Å². The Morgan fingerprint density at radius 1 is 0.976 bits per heavy atom. The first kappa shape index (κ1) is 32.2. The van der Waals surface area contributed by atoms with Crippen molar-refractivity contribution in [3.8, 4) is 5.75 Å². The molecule has 0 radical (unpaired) electrons. The number of amides is 2. The maximum absolute atomic E-state index is 14.1. The summed E-state index contributed by atoms with van der Waals surface area (Å²) in [6.07, 6.45) is 0.706. The molecule has 3 aromatic carbocycles. The lowest BCUT2D eigenvalue weighted by atomic mass is 10.1. The van der Waals surface area contributed by atoms with Crippen LogP contribution in [0.1, 0.15) is 38.3 Å². The number of nitrogens with zero attached hydrogens (tertiary/aromatic N) is 2. The number of carbonyl (C=O) groups excluding carboxylic acids is 2. The van der Waals surface area contributed by atoms with Crippen molar-refractivity contribution in [2.75, 3.05) is 18.0 Å². The number of sulfonamides is 1. The fourth-order valence-electron chi connectivity index (χ4n) is 4.09. The highest BCUT2D eigenvalue weighted by molar-refractivity contribution is 7.92. The zero-order valence-electron chi connectivity index (χ0n) is 23.7. The highest BCUT2D eigenvalue weighted by Crippen LogP contribution is 2.35. The van der Waals surface area contributed by atoms with Gasteiger partial charge in [-0.2, -0.15) is 0 Å². The van der Waals surface area contributed by atoms with E-state index < -0.39 is 28.5 Å². The van der Waals surface area contributed by atoms with Crippen LogP contribution in [0.25, 0.3) is 0 Å². The molecule has 11 heteroatoms. The van der Waals surface area contributed by atoms with Crippen molar-refractivity contribution in [3.63, 3.8) is 0 Å². The molecule has 3 rings (SSSR count). The average Bonchev–Trinajstić information content (AvgIpc) is 2.94. The lowest BCUT2D eigenvalue weighted by Crippen LogP contribution is -2.52. The maximum atomic E-state index is 14.1. The van der Waals surface area contributed by atoms with E-state index in [0.29, 0.717) is 17.0 Å². The van der Waals surface area contributed by atoms with E-state index >= 15 is 0 Å². The molecule has 220 valence electrons. The Morgan fingerprint density at radius 3 is 2.24 bits per heavy atom. The predicted octanol–water partition coefficient (Wildman–Crippen LogP) is 5.84. The molecule has 0 bridgehead atoms. The Labute approximate surface area is 252 Å². The van der Waals surface area contributed by atoms with Crippen LogP contribution in [-0.4, -0.2) is 50.9 Å². The lowest BCUT2D eigenvalue weighted by Gasteiger charge is -2.33. The molecule has 1 N–H and O–H groups in total. The van der Waals surface area contributed by atoms with Gasteiger partial charge in [-0.15, -0.1) is 0 Å². The van der Waals surface area contributed by atoms with Crippen molar-refractivity contribution < 1.29 is 22.7 Å². The standard InChI is InChI=1S/C30H35Cl2N3O5S/c1-6-21(3)33-30(37)22(4)34(18-23-8-7-9-24(31)16-23)29(36)19-35(27-17-25(32)12-15-28(27)40-5)41(38,39)26-13-10-20(2)11-14-26/h7-17,21-22H,6,18-19H2,1-5H3,(H,33,37)/t21-,22+/m0/s1. The molecular formula is C30H35Cl2N3O5S. The van der Waals surface area contributed by atoms with Gasteiger partial charge in [-0.05, 0) is 75.2 Å². The molecule has 0 aliphatic carbocycles. The summed E-state index contributed by atoms with van der Waals surface area (Å²) in [6.45, 7) is 6.68. The summed E-state index contributed by atoms with van der Waals surface area (Å²) in [7, 11) is -2.87. The van der Waals surface area contributed by atoms with Gasteiger partial charge in [-0.1, -0.05) is 60.0 Å². The first-order chi connectivity index (χ1) is 19.4. The Kier molecular flexibility index (Phi) is 11.1. The lowest BCUT2D eigenvalue weighted by molar-refractivity contribution is -0.139. The SMILES string of the molecule is CC[C@H](C)NC(=O)[C@@H](C)N(Cc1cccc(Cl)c1)C(=O)CN(c1cc(Cl)ccc1OC)S(=O)(=O)c1ccc(C)cc1. The Balaban J connectivity index is 2.10. The summed E-state index contributed by atoms with van der Waals surface area (Å²) in [5.74, 6) is -0.751. The molecule has 0 heterocycles. The second-order valence-electron chi connectivity index (χ2n) is 9.79. The molecule has 0 unspecified atom stereocenters. The molecule has 0 spiro atoms. The van der Waals surface area contributed by atoms with E-state index in [-0.39, 0.29) is 39.8 Å². The van der Waals surface area contributed by atoms with Crippen LogP contribution < -0.4 is 14.4 Å². The number of rotatable bonds is 12. The second-order valence-corrected chi connectivity index (χ2v) is 12.5. The molecule has 0 aliphatic heterocycles. The summed E-state index contributed by atoms with van der Waals surface area (Å²) in [5.41, 5.74) is 1.65. The summed E-state index contributed by atoms with van der Waals surface area (Å²) in [5, 5.41) is 3.64. The first-order valence-electron chi connectivity index (χ1n) is 13.1. The molecule has 0 fully saturated rings. The third-order valence-electron chi connectivity index (χ3n) is 6.71. The monoisotopic (exact) mass is 619 g/mol. The Morgan fingerprint density at radius 2 is 1.63 bits per heavy atom. The van der Waals surface area contributed by atoms with Crippen LogP contribution in [0.3, 0.4) is 0 Å². The number of hydrogen-bond acceptors (Lipinski definition) is 5. The van der Waals surface area contributed by atoms with E-state index in [1.54, 1.807) is 49.4 Å². The molecule has 8 nitrogen and oxygen atoms in total. The third kappa shape index (κ3) is 8.15. The van der Waals surface area contributed by atoms with Crippen LogP contribution in [0.15, 0.2) is 71.6 Å². The van der Waals surface area contributed by atoms with E-state index in [1.807, 2.05) is 20.8 Å². The topological polar surface area (TPSA) is 96.0 Å². The minimum absolute atomic E-state index is 0.0121. The summed E-state index contributed by atoms with van der Waals surface area (Å²) >= 11 is 12.5. The summed E-state index contributed by atoms with van der Waals surface area (Å²) in [6, 6.07) is 16.7.